The zero-order chi connectivity index (χ0) is 27.2. The summed E-state index contributed by atoms with van der Waals surface area (Å²) in [6, 6.07) is 15.5. The highest BCUT2D eigenvalue weighted by Crippen LogP contribution is 2.40. The van der Waals surface area contributed by atoms with Crippen molar-refractivity contribution >= 4 is 30.5 Å². The molecule has 2 aromatic rings. The Hall–Kier alpha value is -3.00. The predicted octanol–water partition coefficient (Wildman–Crippen LogP) is 4.67. The molecule has 7 nitrogen and oxygen atoms in total. The van der Waals surface area contributed by atoms with Crippen LogP contribution in [-0.4, -0.2) is 46.2 Å². The number of hydrogen-bond acceptors (Lipinski definition) is 5. The molecular weight excluding hydrogens is 486 g/mol. The van der Waals surface area contributed by atoms with Crippen molar-refractivity contribution in [1.29, 1.82) is 0 Å². The van der Waals surface area contributed by atoms with Crippen molar-refractivity contribution in [2.24, 2.45) is 5.92 Å². The van der Waals surface area contributed by atoms with E-state index in [0.29, 0.717) is 6.54 Å². The fraction of sp³-hybridized carbons (Fsp3) is 0.483. The third-order valence-corrected chi connectivity index (χ3v) is 6.76. The molecule has 200 valence electrons. The van der Waals surface area contributed by atoms with E-state index < -0.39 is 23.8 Å². The molecular formula is C29H39N3O4S. The van der Waals surface area contributed by atoms with E-state index in [0.717, 1.165) is 29.5 Å². The number of nitrogens with one attached hydrogen (secondary N) is 2. The van der Waals surface area contributed by atoms with E-state index in [1.54, 1.807) is 25.7 Å². The largest absolute Gasteiger partial charge is 0.444 e. The molecule has 3 rings (SSSR count). The molecule has 1 aliphatic carbocycles. The van der Waals surface area contributed by atoms with Gasteiger partial charge in [-0.2, -0.15) is 12.6 Å². The number of rotatable bonds is 10. The first-order valence-corrected chi connectivity index (χ1v) is 13.5. The van der Waals surface area contributed by atoms with Crippen LogP contribution in [0.15, 0.2) is 54.6 Å². The molecule has 3 amide bonds. The number of thiol groups is 1. The van der Waals surface area contributed by atoms with Crippen LogP contribution in [0.4, 0.5) is 4.79 Å². The molecule has 1 fully saturated rings. The second kappa shape index (κ2) is 12.5. The van der Waals surface area contributed by atoms with E-state index in [1.165, 1.54) is 0 Å². The van der Waals surface area contributed by atoms with E-state index in [1.807, 2.05) is 54.6 Å². The summed E-state index contributed by atoms with van der Waals surface area (Å²) in [5.74, 6) is -0.307. The number of amides is 3. The van der Waals surface area contributed by atoms with Gasteiger partial charge in [-0.1, -0.05) is 68.4 Å². The van der Waals surface area contributed by atoms with Gasteiger partial charge < -0.3 is 20.3 Å². The Kier molecular flexibility index (Phi) is 9.65. The summed E-state index contributed by atoms with van der Waals surface area (Å²) < 4.78 is 5.37. The summed E-state index contributed by atoms with van der Waals surface area (Å²) in [6.45, 7) is 9.75. The lowest BCUT2D eigenvalue weighted by molar-refractivity contribution is -0.143. The van der Waals surface area contributed by atoms with Crippen LogP contribution in [0.5, 0.6) is 0 Å². The lowest BCUT2D eigenvalue weighted by Crippen LogP contribution is -2.54. The molecule has 0 aliphatic heterocycles. The molecule has 0 saturated heterocycles. The first kappa shape index (κ1) is 28.6. The van der Waals surface area contributed by atoms with Gasteiger partial charge in [0.15, 0.2) is 0 Å². The molecule has 4 atom stereocenters. The Morgan fingerprint density at radius 1 is 1.05 bits per heavy atom. The molecule has 4 unspecified atom stereocenters. The minimum atomic E-state index is -0.940. The van der Waals surface area contributed by atoms with Gasteiger partial charge in [0.1, 0.15) is 17.7 Å². The highest BCUT2D eigenvalue weighted by molar-refractivity contribution is 7.80. The van der Waals surface area contributed by atoms with Crippen LogP contribution in [0, 0.1) is 5.92 Å². The normalized spacial score (nSPS) is 18.3. The van der Waals surface area contributed by atoms with E-state index in [-0.39, 0.29) is 29.5 Å². The number of benzene rings is 2. The predicted molar refractivity (Wildman–Crippen MR) is 148 cm³/mol. The van der Waals surface area contributed by atoms with E-state index in [4.69, 9.17) is 4.74 Å². The van der Waals surface area contributed by atoms with Crippen molar-refractivity contribution in [3.8, 4) is 0 Å². The molecule has 8 heteroatoms. The monoisotopic (exact) mass is 525 g/mol. The van der Waals surface area contributed by atoms with Crippen LogP contribution in [0.3, 0.4) is 0 Å². The lowest BCUT2D eigenvalue weighted by atomic mass is 10.00. The Morgan fingerprint density at radius 3 is 2.19 bits per heavy atom. The molecule has 1 saturated carbocycles. The van der Waals surface area contributed by atoms with Crippen molar-refractivity contribution in [3.63, 3.8) is 0 Å². The Balaban J connectivity index is 1.92. The summed E-state index contributed by atoms with van der Waals surface area (Å²) in [5.41, 5.74) is 2.13. The van der Waals surface area contributed by atoms with E-state index in [2.05, 4.69) is 37.1 Å². The SMILES string of the molecule is CCc1ccc(C(C(=O)NCc2ccccc2)N(C(=O)C(CS)NC(=O)OC(C)(C)C)C2CC2C)cc1. The summed E-state index contributed by atoms with van der Waals surface area (Å²) >= 11 is 4.35. The number of carbonyl (C=O) groups is 3. The smallest absolute Gasteiger partial charge is 0.408 e. The molecule has 0 bridgehead atoms. The molecule has 0 aromatic heterocycles. The lowest BCUT2D eigenvalue weighted by Gasteiger charge is -2.34. The first-order valence-electron chi connectivity index (χ1n) is 12.9. The first-order chi connectivity index (χ1) is 17.5. The van der Waals surface area contributed by atoms with Gasteiger partial charge in [-0.25, -0.2) is 4.79 Å². The van der Waals surface area contributed by atoms with Gasteiger partial charge in [-0.05, 0) is 56.2 Å². The summed E-state index contributed by atoms with van der Waals surface area (Å²) in [4.78, 5) is 41.8. The number of carbonyl (C=O) groups excluding carboxylic acids is 3. The van der Waals surface area contributed by atoms with Crippen molar-refractivity contribution < 1.29 is 19.1 Å². The zero-order valence-corrected chi connectivity index (χ0v) is 23.3. The minimum Gasteiger partial charge on any atom is -0.444 e. The number of ether oxygens (including phenoxy) is 1. The third kappa shape index (κ3) is 7.99. The van der Waals surface area contributed by atoms with Gasteiger partial charge in [-0.15, -0.1) is 0 Å². The molecule has 1 aliphatic rings. The van der Waals surface area contributed by atoms with Crippen LogP contribution in [0.2, 0.25) is 0 Å². The number of aryl methyl sites for hydroxylation is 1. The quantitative estimate of drug-likeness (QED) is 0.394. The fourth-order valence-corrected chi connectivity index (χ4v) is 4.49. The minimum absolute atomic E-state index is 0.0722. The average molecular weight is 526 g/mol. The highest BCUT2D eigenvalue weighted by Gasteiger charge is 2.48. The Bertz CT molecular complexity index is 1070. The summed E-state index contributed by atoms with van der Waals surface area (Å²) in [5, 5.41) is 5.69. The van der Waals surface area contributed by atoms with Crippen LogP contribution in [0.1, 0.15) is 63.8 Å². The van der Waals surface area contributed by atoms with Gasteiger partial charge in [0.05, 0.1) is 0 Å². The second-order valence-electron chi connectivity index (χ2n) is 10.6. The molecule has 2 N–H and O–H groups in total. The second-order valence-corrected chi connectivity index (χ2v) is 11.0. The number of hydrogen-bond donors (Lipinski definition) is 3. The van der Waals surface area contributed by atoms with Crippen molar-refractivity contribution in [3.05, 3.63) is 71.3 Å². The number of alkyl carbamates (subject to hydrolysis) is 1. The standard InChI is InChI=1S/C29H39N3O4S/c1-6-20-12-14-22(15-13-20)25(26(33)30-17-21-10-8-7-9-11-21)32(24-16-19(24)2)27(34)23(18-37)31-28(35)36-29(3,4)5/h7-15,19,23-25,37H,6,16-18H2,1-5H3,(H,30,33)(H,31,35). The highest BCUT2D eigenvalue weighted by atomic mass is 32.1. The molecule has 0 spiro atoms. The fourth-order valence-electron chi connectivity index (χ4n) is 4.24. The maximum atomic E-state index is 13.9. The van der Waals surface area contributed by atoms with Crippen LogP contribution < -0.4 is 10.6 Å². The van der Waals surface area contributed by atoms with E-state index in [9.17, 15) is 14.4 Å². The average Bonchev–Trinajstić information content (AvgIpc) is 3.59. The van der Waals surface area contributed by atoms with Gasteiger partial charge in [0, 0.05) is 18.3 Å². The van der Waals surface area contributed by atoms with Gasteiger partial charge in [-0.3, -0.25) is 9.59 Å². The van der Waals surface area contributed by atoms with E-state index >= 15 is 0 Å². The zero-order valence-electron chi connectivity index (χ0n) is 22.4. The molecule has 0 radical (unpaired) electrons. The summed E-state index contributed by atoms with van der Waals surface area (Å²) in [7, 11) is 0. The Labute approximate surface area is 225 Å². The molecule has 37 heavy (non-hydrogen) atoms. The molecule has 0 heterocycles. The van der Waals surface area contributed by atoms with Crippen molar-refractivity contribution in [2.75, 3.05) is 5.75 Å². The maximum Gasteiger partial charge on any atom is 0.408 e. The third-order valence-electron chi connectivity index (χ3n) is 6.39. The Morgan fingerprint density at radius 2 is 1.68 bits per heavy atom. The summed E-state index contributed by atoms with van der Waals surface area (Å²) in [6.07, 6.45) is 0.961. The van der Waals surface area contributed by atoms with Gasteiger partial charge in [0.25, 0.3) is 0 Å². The van der Waals surface area contributed by atoms with Gasteiger partial charge >= 0.3 is 6.09 Å². The van der Waals surface area contributed by atoms with Crippen molar-refractivity contribution in [2.45, 2.75) is 77.7 Å². The van der Waals surface area contributed by atoms with Crippen LogP contribution in [0.25, 0.3) is 0 Å². The van der Waals surface area contributed by atoms with Crippen molar-refractivity contribution in [1.82, 2.24) is 15.5 Å². The van der Waals surface area contributed by atoms with Crippen LogP contribution in [-0.2, 0) is 27.3 Å². The maximum absolute atomic E-state index is 13.9. The molecule has 2 aromatic carbocycles. The van der Waals surface area contributed by atoms with Crippen LogP contribution >= 0.6 is 12.6 Å². The topological polar surface area (TPSA) is 87.7 Å². The van der Waals surface area contributed by atoms with Gasteiger partial charge in [0.2, 0.25) is 11.8 Å². The number of nitrogens with zero attached hydrogens (tertiary/aromatic N) is 1.